The van der Waals surface area contributed by atoms with Crippen molar-refractivity contribution >= 4 is 21.6 Å². The van der Waals surface area contributed by atoms with E-state index in [1.807, 2.05) is 28.8 Å². The van der Waals surface area contributed by atoms with Crippen LogP contribution in [0.2, 0.25) is 0 Å². The molecule has 1 aromatic heterocycles. The molecule has 5 heteroatoms. The number of aliphatic hydroxyl groups is 1. The number of nitrogens with zero attached hydrogens (tertiary/aromatic N) is 2. The van der Waals surface area contributed by atoms with Crippen LogP contribution < -0.4 is 4.87 Å². The maximum Gasteiger partial charge on any atom is 0.308 e. The summed E-state index contributed by atoms with van der Waals surface area (Å²) in [6.07, 6.45) is 8.38. The summed E-state index contributed by atoms with van der Waals surface area (Å²) in [6, 6.07) is 9.16. The van der Waals surface area contributed by atoms with Crippen LogP contribution in [-0.4, -0.2) is 39.8 Å². The van der Waals surface area contributed by atoms with Crippen LogP contribution in [0, 0.1) is 11.8 Å². The first kappa shape index (κ1) is 18.5. The second-order valence-corrected chi connectivity index (χ2v) is 8.40. The molecule has 0 spiro atoms. The van der Waals surface area contributed by atoms with E-state index in [4.69, 9.17) is 5.11 Å². The summed E-state index contributed by atoms with van der Waals surface area (Å²) < 4.78 is 3.01. The Balaban J connectivity index is 1.37. The minimum Gasteiger partial charge on any atom is -0.396 e. The van der Waals surface area contributed by atoms with Gasteiger partial charge in [-0.2, -0.15) is 0 Å². The highest BCUT2D eigenvalue weighted by Crippen LogP contribution is 2.34. The van der Waals surface area contributed by atoms with E-state index in [1.165, 1.54) is 29.8 Å². The number of aliphatic hydroxyl groups excluding tert-OH is 1. The molecule has 1 aromatic carbocycles. The van der Waals surface area contributed by atoms with Gasteiger partial charge in [0.2, 0.25) is 0 Å². The van der Waals surface area contributed by atoms with Crippen molar-refractivity contribution in [2.45, 2.75) is 57.2 Å². The number of aryl methyl sites for hydroxylation is 1. The molecule has 27 heavy (non-hydrogen) atoms. The normalized spacial score (nSPS) is 21.9. The first-order valence-electron chi connectivity index (χ1n) is 9.91. The Morgan fingerprint density at radius 3 is 2.93 bits per heavy atom. The van der Waals surface area contributed by atoms with Crippen LogP contribution in [0.4, 0.5) is 0 Å². The standard InChI is InChI=1S/C22H26N2O2S/c25-14-5-1-2-7-17-15-18-10-11-19(16-17)23(18)12-6-13-24-20-8-3-4-9-21(20)27-22(24)26/h3-4,8-9,15,18-19,25H,1,5-6,10-14,16H2. The van der Waals surface area contributed by atoms with Gasteiger partial charge in [0.25, 0.3) is 0 Å². The van der Waals surface area contributed by atoms with Gasteiger partial charge in [0.1, 0.15) is 0 Å². The molecule has 0 aliphatic carbocycles. The summed E-state index contributed by atoms with van der Waals surface area (Å²) in [4.78, 5) is 15.0. The lowest BCUT2D eigenvalue weighted by molar-refractivity contribution is 0.201. The third-order valence-corrected chi connectivity index (χ3v) is 6.58. The minimum absolute atomic E-state index is 0.151. The fourth-order valence-corrected chi connectivity index (χ4v) is 5.26. The summed E-state index contributed by atoms with van der Waals surface area (Å²) in [5.74, 6) is 6.50. The van der Waals surface area contributed by atoms with Crippen LogP contribution in [0.5, 0.6) is 0 Å². The van der Waals surface area contributed by atoms with E-state index in [0.717, 1.165) is 49.0 Å². The van der Waals surface area contributed by atoms with Gasteiger partial charge >= 0.3 is 4.87 Å². The molecule has 2 atom stereocenters. The molecule has 2 aliphatic heterocycles. The number of rotatable bonds is 6. The molecule has 4 nitrogen and oxygen atoms in total. The number of fused-ring (bicyclic) bond motifs is 3. The second kappa shape index (κ2) is 8.43. The van der Waals surface area contributed by atoms with Crippen molar-refractivity contribution in [3.05, 3.63) is 45.6 Å². The van der Waals surface area contributed by atoms with Crippen molar-refractivity contribution < 1.29 is 5.11 Å². The first-order chi connectivity index (χ1) is 13.3. The van der Waals surface area contributed by atoms with Crippen LogP contribution >= 0.6 is 11.3 Å². The van der Waals surface area contributed by atoms with Crippen molar-refractivity contribution in [3.63, 3.8) is 0 Å². The molecule has 4 rings (SSSR count). The second-order valence-electron chi connectivity index (χ2n) is 7.40. The zero-order valence-corrected chi connectivity index (χ0v) is 16.4. The van der Waals surface area contributed by atoms with Crippen molar-refractivity contribution in [3.8, 4) is 11.8 Å². The fourth-order valence-electron chi connectivity index (χ4n) is 4.34. The highest BCUT2D eigenvalue weighted by Gasteiger charge is 2.35. The van der Waals surface area contributed by atoms with E-state index in [0.29, 0.717) is 12.1 Å². The molecular weight excluding hydrogens is 356 g/mol. The number of benzene rings is 1. The number of hydrogen-bond donors (Lipinski definition) is 1. The average molecular weight is 383 g/mol. The van der Waals surface area contributed by atoms with Crippen molar-refractivity contribution in [2.75, 3.05) is 13.2 Å². The topological polar surface area (TPSA) is 45.5 Å². The lowest BCUT2D eigenvalue weighted by atomic mass is 10.0. The minimum atomic E-state index is 0.151. The SMILES string of the molecule is O=c1sc2ccccc2n1CCCN1C2C=C(C#CCCCO)CC1CC2. The Morgan fingerprint density at radius 2 is 2.07 bits per heavy atom. The largest absolute Gasteiger partial charge is 0.396 e. The maximum absolute atomic E-state index is 12.3. The third kappa shape index (κ3) is 4.03. The van der Waals surface area contributed by atoms with Crippen molar-refractivity contribution in [2.24, 2.45) is 0 Å². The Labute approximate surface area is 164 Å². The Bertz CT molecular complexity index is 946. The van der Waals surface area contributed by atoms with E-state index in [9.17, 15) is 4.79 Å². The summed E-state index contributed by atoms with van der Waals surface area (Å²) in [5.41, 5.74) is 2.34. The Kier molecular flexibility index (Phi) is 5.77. The Hall–Kier alpha value is -1.87. The quantitative estimate of drug-likeness (QED) is 0.615. The number of aromatic nitrogens is 1. The number of para-hydroxylation sites is 1. The van der Waals surface area contributed by atoms with E-state index in [-0.39, 0.29) is 11.5 Å². The van der Waals surface area contributed by atoms with Gasteiger partial charge in [-0.3, -0.25) is 14.3 Å². The summed E-state index contributed by atoms with van der Waals surface area (Å²) >= 11 is 1.34. The first-order valence-corrected chi connectivity index (χ1v) is 10.7. The third-order valence-electron chi connectivity index (χ3n) is 5.62. The predicted molar refractivity (Wildman–Crippen MR) is 111 cm³/mol. The monoisotopic (exact) mass is 382 g/mol. The van der Waals surface area contributed by atoms with Gasteiger partial charge in [-0.05, 0) is 44.2 Å². The van der Waals surface area contributed by atoms with E-state index < -0.39 is 0 Å². The van der Waals surface area contributed by atoms with E-state index in [1.54, 1.807) is 0 Å². The molecule has 142 valence electrons. The zero-order chi connectivity index (χ0) is 18.6. The van der Waals surface area contributed by atoms with Crippen LogP contribution in [0.25, 0.3) is 10.2 Å². The number of unbranched alkanes of at least 4 members (excludes halogenated alkanes) is 1. The summed E-state index contributed by atoms with van der Waals surface area (Å²) in [5, 5.41) is 8.85. The molecule has 2 unspecified atom stereocenters. The molecule has 1 saturated heterocycles. The predicted octanol–water partition coefficient (Wildman–Crippen LogP) is 3.39. The lowest BCUT2D eigenvalue weighted by Crippen LogP contribution is -2.39. The molecule has 1 fully saturated rings. The van der Waals surface area contributed by atoms with Gasteiger partial charge in [0, 0.05) is 43.8 Å². The summed E-state index contributed by atoms with van der Waals surface area (Å²) in [6.45, 7) is 2.04. The van der Waals surface area contributed by atoms with Gasteiger partial charge in [-0.1, -0.05) is 41.4 Å². The van der Waals surface area contributed by atoms with Gasteiger partial charge in [-0.15, -0.1) is 0 Å². The molecule has 0 radical (unpaired) electrons. The van der Waals surface area contributed by atoms with E-state index >= 15 is 0 Å². The van der Waals surface area contributed by atoms with Crippen LogP contribution in [-0.2, 0) is 6.54 Å². The molecule has 1 N–H and O–H groups in total. The van der Waals surface area contributed by atoms with Gasteiger partial charge < -0.3 is 5.11 Å². The zero-order valence-electron chi connectivity index (χ0n) is 15.6. The molecule has 0 saturated carbocycles. The highest BCUT2D eigenvalue weighted by molar-refractivity contribution is 7.16. The van der Waals surface area contributed by atoms with Crippen LogP contribution in [0.15, 0.2) is 40.7 Å². The Morgan fingerprint density at radius 1 is 1.19 bits per heavy atom. The smallest absolute Gasteiger partial charge is 0.308 e. The van der Waals surface area contributed by atoms with Gasteiger partial charge in [0.15, 0.2) is 0 Å². The van der Waals surface area contributed by atoms with E-state index in [2.05, 4.69) is 22.8 Å². The molecular formula is C22H26N2O2S. The summed E-state index contributed by atoms with van der Waals surface area (Å²) in [7, 11) is 0. The molecule has 2 bridgehead atoms. The maximum atomic E-state index is 12.3. The highest BCUT2D eigenvalue weighted by atomic mass is 32.1. The number of hydrogen-bond acceptors (Lipinski definition) is 4. The molecule has 2 aliphatic rings. The number of thiazole rings is 1. The molecule has 2 aromatic rings. The fraction of sp³-hybridized carbons (Fsp3) is 0.500. The van der Waals surface area contributed by atoms with Gasteiger partial charge in [-0.25, -0.2) is 0 Å². The van der Waals surface area contributed by atoms with Gasteiger partial charge in [0.05, 0.1) is 10.2 Å². The van der Waals surface area contributed by atoms with Crippen LogP contribution in [0.3, 0.4) is 0 Å². The van der Waals surface area contributed by atoms with Crippen LogP contribution in [0.1, 0.15) is 38.5 Å². The lowest BCUT2D eigenvalue weighted by Gasteiger charge is -2.32. The van der Waals surface area contributed by atoms with Crippen molar-refractivity contribution in [1.29, 1.82) is 0 Å². The molecule has 3 heterocycles. The molecule has 0 amide bonds. The van der Waals surface area contributed by atoms with Crippen molar-refractivity contribution in [1.82, 2.24) is 9.47 Å². The average Bonchev–Trinajstić information content (AvgIpc) is 3.11.